The maximum absolute atomic E-state index is 12.4. The van der Waals surface area contributed by atoms with Gasteiger partial charge >= 0.3 is 0 Å². The van der Waals surface area contributed by atoms with Crippen LogP contribution in [-0.4, -0.2) is 38.7 Å². The zero-order valence-electron chi connectivity index (χ0n) is 14.3. The second kappa shape index (κ2) is 7.09. The molecule has 0 aliphatic carbocycles. The highest BCUT2D eigenvalue weighted by atomic mass is 35.5. The van der Waals surface area contributed by atoms with E-state index in [0.717, 1.165) is 5.56 Å². The lowest BCUT2D eigenvalue weighted by atomic mass is 10.1. The van der Waals surface area contributed by atoms with E-state index in [1.54, 1.807) is 37.4 Å². The summed E-state index contributed by atoms with van der Waals surface area (Å²) in [4.78, 5) is 14.0. The Kier molecular flexibility index (Phi) is 5.02. The van der Waals surface area contributed by atoms with Gasteiger partial charge in [0.1, 0.15) is 4.90 Å². The summed E-state index contributed by atoms with van der Waals surface area (Å²) in [5.41, 5.74) is 1.44. The van der Waals surface area contributed by atoms with Crippen LogP contribution in [0.5, 0.6) is 0 Å². The van der Waals surface area contributed by atoms with Crippen LogP contribution < -0.4 is 5.32 Å². The van der Waals surface area contributed by atoms with Crippen LogP contribution in [0.4, 0.5) is 0 Å². The maximum Gasteiger partial charge on any atom is 0.285 e. The molecule has 0 bridgehead atoms. The first kappa shape index (κ1) is 18.4. The number of halogens is 1. The quantitative estimate of drug-likeness (QED) is 0.868. The van der Waals surface area contributed by atoms with Crippen molar-refractivity contribution in [3.8, 4) is 0 Å². The van der Waals surface area contributed by atoms with Gasteiger partial charge in [0.25, 0.3) is 10.0 Å². The molecular weight excluding hydrogens is 374 g/mol. The van der Waals surface area contributed by atoms with Crippen molar-refractivity contribution in [3.63, 3.8) is 0 Å². The summed E-state index contributed by atoms with van der Waals surface area (Å²) in [5.74, 6) is 0.0364. The third-order valence-corrected chi connectivity index (χ3v) is 5.68. The third kappa shape index (κ3) is 3.73. The fraction of sp³-hybridized carbons (Fsp3) is 0.222. The molecule has 26 heavy (non-hydrogen) atoms. The van der Waals surface area contributed by atoms with Crippen molar-refractivity contribution >= 4 is 33.4 Å². The molecule has 0 saturated carbocycles. The van der Waals surface area contributed by atoms with Gasteiger partial charge in [-0.2, -0.15) is 8.42 Å². The normalized spacial score (nSPS) is 15.7. The van der Waals surface area contributed by atoms with Crippen molar-refractivity contribution in [2.24, 2.45) is 4.40 Å². The molecule has 3 rings (SSSR count). The van der Waals surface area contributed by atoms with Gasteiger partial charge in [-0.05, 0) is 36.8 Å². The Hall–Kier alpha value is -2.38. The molecule has 2 aromatic rings. The minimum Gasteiger partial charge on any atom is -0.349 e. The van der Waals surface area contributed by atoms with Gasteiger partial charge in [-0.3, -0.25) is 4.79 Å². The number of carbonyl (C=O) groups excluding carboxylic acids is 1. The molecule has 1 aliphatic rings. The second-order valence-corrected chi connectivity index (χ2v) is 8.09. The Morgan fingerprint density at radius 2 is 1.85 bits per heavy atom. The Morgan fingerprint density at radius 3 is 2.54 bits per heavy atom. The van der Waals surface area contributed by atoms with Gasteiger partial charge in [0.05, 0.1) is 12.6 Å². The number of hydrogen-bond acceptors (Lipinski definition) is 4. The van der Waals surface area contributed by atoms with Crippen molar-refractivity contribution in [2.75, 3.05) is 13.6 Å². The molecule has 6 nitrogen and oxygen atoms in total. The minimum atomic E-state index is -3.70. The highest BCUT2D eigenvalue weighted by Crippen LogP contribution is 2.26. The molecule has 0 aromatic heterocycles. The van der Waals surface area contributed by atoms with E-state index in [-0.39, 0.29) is 29.2 Å². The van der Waals surface area contributed by atoms with Crippen molar-refractivity contribution in [3.05, 3.63) is 64.7 Å². The van der Waals surface area contributed by atoms with E-state index in [1.165, 1.54) is 11.0 Å². The van der Waals surface area contributed by atoms with E-state index in [9.17, 15) is 13.2 Å². The van der Waals surface area contributed by atoms with E-state index in [1.807, 2.05) is 19.1 Å². The number of sulfonamides is 1. The average molecular weight is 392 g/mol. The summed E-state index contributed by atoms with van der Waals surface area (Å²) in [7, 11) is -2.06. The van der Waals surface area contributed by atoms with Crippen LogP contribution in [0.3, 0.4) is 0 Å². The van der Waals surface area contributed by atoms with Gasteiger partial charge in [-0.1, -0.05) is 35.9 Å². The molecule has 8 heteroatoms. The highest BCUT2D eigenvalue weighted by Gasteiger charge is 2.31. The molecule has 1 heterocycles. The number of nitrogens with one attached hydrogen (secondary N) is 1. The lowest BCUT2D eigenvalue weighted by molar-refractivity contribution is -0.121. The van der Waals surface area contributed by atoms with E-state index in [4.69, 9.17) is 11.6 Å². The van der Waals surface area contributed by atoms with Crippen LogP contribution in [0.2, 0.25) is 5.02 Å². The fourth-order valence-corrected chi connectivity index (χ4v) is 4.15. The van der Waals surface area contributed by atoms with E-state index < -0.39 is 10.0 Å². The Labute approximate surface area is 157 Å². The average Bonchev–Trinajstić information content (AvgIpc) is 2.87. The molecule has 1 N–H and O–H groups in total. The SMILES string of the molecule is C[C@@H](NC(=O)CN(C)C1=NS(=O)(=O)c2ccccc21)c1ccc(Cl)cc1. The molecule has 0 radical (unpaired) electrons. The van der Waals surface area contributed by atoms with Gasteiger partial charge in [-0.15, -0.1) is 4.40 Å². The first-order chi connectivity index (χ1) is 12.3. The maximum atomic E-state index is 12.4. The molecule has 136 valence electrons. The monoisotopic (exact) mass is 391 g/mol. The number of benzene rings is 2. The number of carbonyl (C=O) groups is 1. The van der Waals surface area contributed by atoms with E-state index in [2.05, 4.69) is 9.71 Å². The van der Waals surface area contributed by atoms with Crippen LogP contribution in [0, 0.1) is 0 Å². The van der Waals surface area contributed by atoms with Gasteiger partial charge in [0, 0.05) is 17.6 Å². The number of fused-ring (bicyclic) bond motifs is 1. The lowest BCUT2D eigenvalue weighted by Gasteiger charge is -2.20. The van der Waals surface area contributed by atoms with Crippen LogP contribution in [-0.2, 0) is 14.8 Å². The zero-order valence-corrected chi connectivity index (χ0v) is 15.9. The molecule has 2 aromatic carbocycles. The topological polar surface area (TPSA) is 78.8 Å². The van der Waals surface area contributed by atoms with E-state index >= 15 is 0 Å². The predicted octanol–water partition coefficient (Wildman–Crippen LogP) is 2.60. The second-order valence-electron chi connectivity index (χ2n) is 6.08. The summed E-state index contributed by atoms with van der Waals surface area (Å²) in [5, 5.41) is 3.52. The van der Waals surface area contributed by atoms with Crippen LogP contribution in [0.25, 0.3) is 0 Å². The number of nitrogens with zero attached hydrogens (tertiary/aromatic N) is 2. The lowest BCUT2D eigenvalue weighted by Crippen LogP contribution is -2.39. The molecule has 0 saturated heterocycles. The summed E-state index contributed by atoms with van der Waals surface area (Å²) >= 11 is 5.87. The first-order valence-electron chi connectivity index (χ1n) is 7.98. The predicted molar refractivity (Wildman–Crippen MR) is 101 cm³/mol. The van der Waals surface area contributed by atoms with Crippen LogP contribution in [0.15, 0.2) is 57.8 Å². The number of rotatable bonds is 4. The van der Waals surface area contributed by atoms with Gasteiger partial charge in [0.2, 0.25) is 5.91 Å². The smallest absolute Gasteiger partial charge is 0.285 e. The number of amidine groups is 1. The number of amides is 1. The Balaban J connectivity index is 1.69. The Bertz CT molecular complexity index is 971. The van der Waals surface area contributed by atoms with Crippen molar-refractivity contribution in [1.82, 2.24) is 10.2 Å². The molecule has 0 unspecified atom stereocenters. The van der Waals surface area contributed by atoms with Crippen LogP contribution >= 0.6 is 11.6 Å². The summed E-state index contributed by atoms with van der Waals surface area (Å²) in [6.45, 7) is 1.86. The highest BCUT2D eigenvalue weighted by molar-refractivity contribution is 7.90. The standard InChI is InChI=1S/C18H18ClN3O3S/c1-12(13-7-9-14(19)10-8-13)20-17(23)11-22(2)18-15-5-3-4-6-16(15)26(24,25)21-18/h3-10,12H,11H2,1-2H3,(H,20,23)/t12-/m1/s1. The number of hydrogen-bond donors (Lipinski definition) is 1. The minimum absolute atomic E-state index is 0.0133. The first-order valence-corrected chi connectivity index (χ1v) is 9.80. The molecule has 0 fully saturated rings. The van der Waals surface area contributed by atoms with Crippen LogP contribution in [0.1, 0.15) is 24.1 Å². The van der Waals surface area contributed by atoms with Gasteiger partial charge in [0.15, 0.2) is 5.84 Å². The third-order valence-electron chi connectivity index (χ3n) is 4.10. The molecule has 1 atom stereocenters. The summed E-state index contributed by atoms with van der Waals surface area (Å²) < 4.78 is 28.0. The Morgan fingerprint density at radius 1 is 1.19 bits per heavy atom. The van der Waals surface area contributed by atoms with Crippen molar-refractivity contribution in [2.45, 2.75) is 17.9 Å². The van der Waals surface area contributed by atoms with Crippen molar-refractivity contribution < 1.29 is 13.2 Å². The number of likely N-dealkylation sites (N-methyl/N-ethyl adjacent to an activating group) is 1. The fourth-order valence-electron chi connectivity index (χ4n) is 2.78. The van der Waals surface area contributed by atoms with Crippen molar-refractivity contribution in [1.29, 1.82) is 0 Å². The summed E-state index contributed by atoms with van der Waals surface area (Å²) in [6, 6.07) is 13.6. The molecule has 0 spiro atoms. The zero-order chi connectivity index (χ0) is 18.9. The van der Waals surface area contributed by atoms with Gasteiger partial charge < -0.3 is 10.2 Å². The molecule has 1 aliphatic heterocycles. The van der Waals surface area contributed by atoms with Gasteiger partial charge in [-0.25, -0.2) is 0 Å². The van der Waals surface area contributed by atoms with E-state index in [0.29, 0.717) is 10.6 Å². The summed E-state index contributed by atoms with van der Waals surface area (Å²) in [6.07, 6.45) is 0. The molecular formula is C18H18ClN3O3S. The largest absolute Gasteiger partial charge is 0.349 e. The molecule has 1 amide bonds.